The van der Waals surface area contributed by atoms with Crippen molar-refractivity contribution in [3.8, 4) is 0 Å². The molecule has 0 aromatic rings. The third-order valence-corrected chi connectivity index (χ3v) is 6.22. The molecule has 0 amide bonds. The van der Waals surface area contributed by atoms with Gasteiger partial charge in [0.05, 0.1) is 19.6 Å². The van der Waals surface area contributed by atoms with Crippen molar-refractivity contribution in [2.45, 2.75) is 64.3 Å². The average molecular weight is 294 g/mol. The van der Waals surface area contributed by atoms with Gasteiger partial charge in [0.2, 0.25) is 0 Å². The van der Waals surface area contributed by atoms with E-state index in [0.717, 1.165) is 44.4 Å². The van der Waals surface area contributed by atoms with E-state index < -0.39 is 0 Å². The van der Waals surface area contributed by atoms with Gasteiger partial charge in [-0.15, -0.1) is 0 Å². The second-order valence-electron chi connectivity index (χ2n) is 7.94. The first-order chi connectivity index (χ1) is 9.97. The van der Waals surface area contributed by atoms with Crippen molar-refractivity contribution < 1.29 is 9.39 Å². The zero-order valence-electron chi connectivity index (χ0n) is 13.6. The standard InChI is InChI=1S/C17H30N2O2/c1-13-10-14(12-15-6-3-4-8-18(15)20)16-7-5-9-19(2,21)17(16)11-13/h13-14,16-17H,3-12H2,1-2H3/t13-,14+,16+,17+,19-/m1/s1. The van der Waals surface area contributed by atoms with Gasteiger partial charge in [-0.2, -0.15) is 0 Å². The van der Waals surface area contributed by atoms with Crippen molar-refractivity contribution in [2.24, 2.45) is 17.8 Å². The molecule has 0 aromatic heterocycles. The van der Waals surface area contributed by atoms with Crippen molar-refractivity contribution in [3.05, 3.63) is 10.4 Å². The molecule has 0 radical (unpaired) electrons. The fourth-order valence-corrected chi connectivity index (χ4v) is 5.16. The largest absolute Gasteiger partial charge is 0.633 e. The summed E-state index contributed by atoms with van der Waals surface area (Å²) in [5, 5.41) is 24.8. The van der Waals surface area contributed by atoms with Gasteiger partial charge in [0.15, 0.2) is 12.3 Å². The molecule has 1 aliphatic carbocycles. The van der Waals surface area contributed by atoms with Crippen LogP contribution in [0.25, 0.3) is 0 Å². The molecule has 0 spiro atoms. The Balaban J connectivity index is 1.77. The van der Waals surface area contributed by atoms with Crippen LogP contribution in [0.3, 0.4) is 0 Å². The van der Waals surface area contributed by atoms with Crippen molar-refractivity contribution >= 4 is 5.71 Å². The summed E-state index contributed by atoms with van der Waals surface area (Å²) in [7, 11) is 1.87. The van der Waals surface area contributed by atoms with Gasteiger partial charge < -0.3 is 15.1 Å². The highest BCUT2D eigenvalue weighted by Crippen LogP contribution is 2.45. The van der Waals surface area contributed by atoms with Gasteiger partial charge in [0.25, 0.3) is 0 Å². The van der Waals surface area contributed by atoms with Gasteiger partial charge in [-0.1, -0.05) is 6.92 Å². The van der Waals surface area contributed by atoms with E-state index in [1.54, 1.807) is 0 Å². The molecule has 5 atom stereocenters. The molecule has 2 aliphatic heterocycles. The van der Waals surface area contributed by atoms with E-state index in [4.69, 9.17) is 0 Å². The second-order valence-corrected chi connectivity index (χ2v) is 7.94. The molecule has 0 aromatic carbocycles. The van der Waals surface area contributed by atoms with E-state index in [9.17, 15) is 10.4 Å². The summed E-state index contributed by atoms with van der Waals surface area (Å²) < 4.78 is 1.22. The van der Waals surface area contributed by atoms with Gasteiger partial charge in [-0.05, 0) is 37.5 Å². The van der Waals surface area contributed by atoms with Crippen molar-refractivity contribution in [1.82, 2.24) is 0 Å². The predicted molar refractivity (Wildman–Crippen MR) is 84.8 cm³/mol. The molecule has 4 nitrogen and oxygen atoms in total. The summed E-state index contributed by atoms with van der Waals surface area (Å²) in [5.41, 5.74) is 1.12. The monoisotopic (exact) mass is 294 g/mol. The Hall–Kier alpha value is -0.610. The summed E-state index contributed by atoms with van der Waals surface area (Å²) in [6, 6.07) is 0.275. The lowest BCUT2D eigenvalue weighted by atomic mass is 9.66. The quantitative estimate of drug-likeness (QED) is 0.446. The SMILES string of the molecule is C[C@@H]1C[C@@H](CC2=[N+]([O-])CCCC2)[C@@H]2CCC[N@@+](C)([O-])[C@H]2C1. The van der Waals surface area contributed by atoms with Crippen LogP contribution in [0.2, 0.25) is 0 Å². The zero-order chi connectivity index (χ0) is 15.0. The molecule has 21 heavy (non-hydrogen) atoms. The summed E-state index contributed by atoms with van der Waals surface area (Å²) in [4.78, 5) is 0. The van der Waals surface area contributed by atoms with Gasteiger partial charge in [0.1, 0.15) is 0 Å². The second kappa shape index (κ2) is 5.88. The first-order valence-corrected chi connectivity index (χ1v) is 8.83. The van der Waals surface area contributed by atoms with E-state index in [1.807, 2.05) is 7.05 Å². The topological polar surface area (TPSA) is 49.1 Å². The number of hydroxylamine groups is 4. The molecular weight excluding hydrogens is 264 g/mol. The Morgan fingerprint density at radius 2 is 2.05 bits per heavy atom. The molecule has 0 unspecified atom stereocenters. The third-order valence-electron chi connectivity index (χ3n) is 6.22. The van der Waals surface area contributed by atoms with Crippen LogP contribution in [0.4, 0.5) is 0 Å². The van der Waals surface area contributed by atoms with Crippen LogP contribution in [0, 0.1) is 28.2 Å². The Morgan fingerprint density at radius 3 is 2.81 bits per heavy atom. The van der Waals surface area contributed by atoms with Crippen LogP contribution in [0.1, 0.15) is 58.3 Å². The Kier molecular flexibility index (Phi) is 4.28. The maximum atomic E-state index is 12.8. The number of likely N-dealkylation sites (tertiary alicyclic amines) is 1. The van der Waals surface area contributed by atoms with Crippen LogP contribution >= 0.6 is 0 Å². The Morgan fingerprint density at radius 1 is 1.24 bits per heavy atom. The van der Waals surface area contributed by atoms with E-state index in [2.05, 4.69) is 6.92 Å². The number of piperidine rings is 1. The molecule has 3 rings (SSSR count). The minimum Gasteiger partial charge on any atom is -0.633 e. The lowest BCUT2D eigenvalue weighted by Crippen LogP contribution is -2.58. The van der Waals surface area contributed by atoms with Crippen molar-refractivity contribution in [3.63, 3.8) is 0 Å². The lowest BCUT2D eigenvalue weighted by Gasteiger charge is -2.56. The van der Waals surface area contributed by atoms with E-state index >= 15 is 0 Å². The first-order valence-electron chi connectivity index (χ1n) is 8.83. The average Bonchev–Trinajstić information content (AvgIpc) is 2.42. The molecule has 0 bridgehead atoms. The van der Waals surface area contributed by atoms with E-state index in [-0.39, 0.29) is 10.7 Å². The summed E-state index contributed by atoms with van der Waals surface area (Å²) in [6.45, 7) is 3.75. The molecule has 1 saturated carbocycles. The van der Waals surface area contributed by atoms with Crippen LogP contribution in [0.5, 0.6) is 0 Å². The smallest absolute Gasteiger partial charge is 0.163 e. The Labute approximate surface area is 128 Å². The third kappa shape index (κ3) is 3.11. The number of hydrogen-bond donors (Lipinski definition) is 0. The number of nitrogens with zero attached hydrogens (tertiary/aromatic N) is 2. The highest BCUT2D eigenvalue weighted by atomic mass is 16.5. The van der Waals surface area contributed by atoms with Crippen LogP contribution in [-0.4, -0.2) is 41.3 Å². The minimum atomic E-state index is -0.0398. The van der Waals surface area contributed by atoms with Crippen molar-refractivity contribution in [2.75, 3.05) is 20.1 Å². The maximum absolute atomic E-state index is 12.8. The zero-order valence-corrected chi connectivity index (χ0v) is 13.6. The minimum absolute atomic E-state index is 0.0398. The summed E-state index contributed by atoms with van der Waals surface area (Å²) in [6.07, 6.45) is 8.68. The van der Waals surface area contributed by atoms with Crippen LogP contribution in [-0.2, 0) is 0 Å². The first kappa shape index (κ1) is 15.3. The van der Waals surface area contributed by atoms with Gasteiger partial charge in [-0.25, -0.2) is 4.74 Å². The van der Waals surface area contributed by atoms with E-state index in [0.29, 0.717) is 24.3 Å². The number of rotatable bonds is 2. The van der Waals surface area contributed by atoms with E-state index in [1.165, 1.54) is 24.0 Å². The fourth-order valence-electron chi connectivity index (χ4n) is 5.16. The maximum Gasteiger partial charge on any atom is 0.163 e. The number of fused-ring (bicyclic) bond motifs is 1. The summed E-state index contributed by atoms with van der Waals surface area (Å²) in [5.74, 6) is 1.74. The molecule has 3 aliphatic rings. The molecule has 4 heteroatoms. The molecule has 2 fully saturated rings. The summed E-state index contributed by atoms with van der Waals surface area (Å²) >= 11 is 0. The normalized spacial score (nSPS) is 44.5. The highest BCUT2D eigenvalue weighted by molar-refractivity contribution is 5.80. The molecule has 1 saturated heterocycles. The lowest BCUT2D eigenvalue weighted by molar-refractivity contribution is -0.898. The highest BCUT2D eigenvalue weighted by Gasteiger charge is 2.46. The van der Waals surface area contributed by atoms with Gasteiger partial charge >= 0.3 is 0 Å². The van der Waals surface area contributed by atoms with Crippen molar-refractivity contribution in [1.29, 1.82) is 0 Å². The Bertz CT molecular complexity index is 419. The fraction of sp³-hybridized carbons (Fsp3) is 0.941. The molecule has 0 N–H and O–H groups in total. The number of quaternary nitrogens is 1. The molecule has 120 valence electrons. The van der Waals surface area contributed by atoms with Crippen LogP contribution in [0.15, 0.2) is 0 Å². The van der Waals surface area contributed by atoms with Gasteiger partial charge in [0, 0.05) is 31.6 Å². The van der Waals surface area contributed by atoms with Gasteiger partial charge in [-0.3, -0.25) is 0 Å². The number of hydrogen-bond acceptors (Lipinski definition) is 2. The van der Waals surface area contributed by atoms with Crippen LogP contribution < -0.4 is 0 Å². The molecule has 2 heterocycles. The predicted octanol–water partition coefficient (Wildman–Crippen LogP) is 3.28. The molecular formula is C17H30N2O2.